The third-order valence-electron chi connectivity index (χ3n) is 2.90. The Kier molecular flexibility index (Phi) is 2.81. The molecule has 94 valence electrons. The van der Waals surface area contributed by atoms with Crippen LogP contribution in [0.5, 0.6) is 0 Å². The second-order valence-corrected chi connectivity index (χ2v) is 4.17. The number of pyridine rings is 1. The van der Waals surface area contributed by atoms with E-state index in [0.717, 1.165) is 10.8 Å². The van der Waals surface area contributed by atoms with Gasteiger partial charge in [-0.2, -0.15) is 0 Å². The molecule has 0 saturated heterocycles. The molecule has 0 bridgehead atoms. The molecule has 5 nitrogen and oxygen atoms in total. The average Bonchev–Trinajstić information content (AvgIpc) is 2.46. The van der Waals surface area contributed by atoms with Crippen molar-refractivity contribution in [2.75, 3.05) is 0 Å². The minimum absolute atomic E-state index is 0.222. The number of aromatic nitrogens is 3. The van der Waals surface area contributed by atoms with Crippen LogP contribution >= 0.6 is 0 Å². The fourth-order valence-corrected chi connectivity index (χ4v) is 2.03. The number of hydrogen-bond acceptors (Lipinski definition) is 4. The zero-order valence-electron chi connectivity index (χ0n) is 10.1. The standard InChI is InChI=1S/C14H12N4O/c15-8-10-7-12(19)18-14(17-10)13-11-4-2-1-3-9(11)5-6-16-13/h1-7H,8,15H2,(H,17,18,19). The summed E-state index contributed by atoms with van der Waals surface area (Å²) in [4.78, 5) is 23.0. The molecule has 0 radical (unpaired) electrons. The van der Waals surface area contributed by atoms with Gasteiger partial charge < -0.3 is 10.7 Å². The Bertz CT molecular complexity index is 789. The van der Waals surface area contributed by atoms with E-state index >= 15 is 0 Å². The lowest BCUT2D eigenvalue weighted by Gasteiger charge is -2.05. The second kappa shape index (κ2) is 4.62. The fraction of sp³-hybridized carbons (Fsp3) is 0.0714. The predicted octanol–water partition coefficient (Wildman–Crippen LogP) is 1.44. The number of H-pyrrole nitrogens is 1. The molecule has 3 N–H and O–H groups in total. The molecule has 0 saturated carbocycles. The lowest BCUT2D eigenvalue weighted by atomic mass is 10.1. The van der Waals surface area contributed by atoms with Gasteiger partial charge in [-0.25, -0.2) is 4.98 Å². The molecule has 2 heterocycles. The molecular weight excluding hydrogens is 240 g/mol. The van der Waals surface area contributed by atoms with Crippen LogP contribution in [-0.4, -0.2) is 15.0 Å². The van der Waals surface area contributed by atoms with Crippen LogP contribution in [0.25, 0.3) is 22.3 Å². The minimum atomic E-state index is -0.222. The quantitative estimate of drug-likeness (QED) is 0.722. The molecule has 2 aromatic heterocycles. The first kappa shape index (κ1) is 11.6. The number of aromatic amines is 1. The smallest absolute Gasteiger partial charge is 0.251 e. The summed E-state index contributed by atoms with van der Waals surface area (Å²) in [5.41, 5.74) is 6.53. The molecule has 5 heteroatoms. The number of fused-ring (bicyclic) bond motifs is 1. The number of benzene rings is 1. The largest absolute Gasteiger partial charge is 0.325 e. The lowest BCUT2D eigenvalue weighted by molar-refractivity contribution is 0.952. The molecule has 0 spiro atoms. The normalized spacial score (nSPS) is 10.8. The maximum atomic E-state index is 11.6. The van der Waals surface area contributed by atoms with Gasteiger partial charge in [-0.1, -0.05) is 24.3 Å². The van der Waals surface area contributed by atoms with Crippen molar-refractivity contribution in [1.82, 2.24) is 15.0 Å². The summed E-state index contributed by atoms with van der Waals surface area (Å²) in [6, 6.07) is 11.1. The van der Waals surface area contributed by atoms with Crippen molar-refractivity contribution in [3.05, 3.63) is 58.6 Å². The van der Waals surface area contributed by atoms with Gasteiger partial charge in [0.1, 0.15) is 5.69 Å². The molecule has 0 amide bonds. The fourth-order valence-electron chi connectivity index (χ4n) is 2.03. The summed E-state index contributed by atoms with van der Waals surface area (Å²) in [7, 11) is 0. The summed E-state index contributed by atoms with van der Waals surface area (Å²) in [5, 5.41) is 2.00. The summed E-state index contributed by atoms with van der Waals surface area (Å²) in [5.74, 6) is 0.449. The molecule has 19 heavy (non-hydrogen) atoms. The van der Waals surface area contributed by atoms with Crippen molar-refractivity contribution in [3.8, 4) is 11.5 Å². The van der Waals surface area contributed by atoms with E-state index in [1.807, 2.05) is 30.3 Å². The van der Waals surface area contributed by atoms with Crippen LogP contribution < -0.4 is 11.3 Å². The SMILES string of the molecule is NCc1cc(=O)[nH]c(-c2nccc3ccccc23)n1. The highest BCUT2D eigenvalue weighted by molar-refractivity contribution is 5.92. The zero-order chi connectivity index (χ0) is 13.2. The van der Waals surface area contributed by atoms with Crippen LogP contribution in [0, 0.1) is 0 Å². The van der Waals surface area contributed by atoms with Gasteiger partial charge in [0.25, 0.3) is 5.56 Å². The summed E-state index contributed by atoms with van der Waals surface area (Å²) < 4.78 is 0. The molecule has 1 aromatic carbocycles. The molecular formula is C14H12N4O. The lowest BCUT2D eigenvalue weighted by Crippen LogP contribution is -2.13. The maximum Gasteiger partial charge on any atom is 0.251 e. The van der Waals surface area contributed by atoms with Crippen molar-refractivity contribution in [2.45, 2.75) is 6.54 Å². The Hall–Kier alpha value is -2.53. The van der Waals surface area contributed by atoms with E-state index in [4.69, 9.17) is 5.73 Å². The monoisotopic (exact) mass is 252 g/mol. The molecule has 0 aliphatic carbocycles. The first-order chi connectivity index (χ1) is 9.28. The van der Waals surface area contributed by atoms with Gasteiger partial charge in [-0.05, 0) is 11.5 Å². The van der Waals surface area contributed by atoms with Gasteiger partial charge in [0.05, 0.1) is 5.69 Å². The van der Waals surface area contributed by atoms with Crippen molar-refractivity contribution < 1.29 is 0 Å². The number of nitrogens with two attached hydrogens (primary N) is 1. The van der Waals surface area contributed by atoms with E-state index in [9.17, 15) is 4.79 Å². The predicted molar refractivity (Wildman–Crippen MR) is 73.5 cm³/mol. The Balaban J connectivity index is 2.30. The number of nitrogens with zero attached hydrogens (tertiary/aromatic N) is 2. The molecule has 0 fully saturated rings. The third kappa shape index (κ3) is 2.11. The van der Waals surface area contributed by atoms with Gasteiger partial charge in [0.2, 0.25) is 0 Å². The third-order valence-corrected chi connectivity index (χ3v) is 2.90. The van der Waals surface area contributed by atoms with Crippen molar-refractivity contribution in [3.63, 3.8) is 0 Å². The van der Waals surface area contributed by atoms with Gasteiger partial charge in [0, 0.05) is 24.2 Å². The maximum absolute atomic E-state index is 11.6. The van der Waals surface area contributed by atoms with Crippen LogP contribution in [0.3, 0.4) is 0 Å². The van der Waals surface area contributed by atoms with Crippen molar-refractivity contribution in [2.24, 2.45) is 5.73 Å². The zero-order valence-corrected chi connectivity index (χ0v) is 10.1. The van der Waals surface area contributed by atoms with Crippen LogP contribution in [0.1, 0.15) is 5.69 Å². The Morgan fingerprint density at radius 3 is 2.89 bits per heavy atom. The van der Waals surface area contributed by atoms with E-state index < -0.39 is 0 Å². The van der Waals surface area contributed by atoms with Gasteiger partial charge >= 0.3 is 0 Å². The highest BCUT2D eigenvalue weighted by Gasteiger charge is 2.08. The Morgan fingerprint density at radius 1 is 1.21 bits per heavy atom. The molecule has 0 unspecified atom stereocenters. The molecule has 0 aliphatic rings. The summed E-state index contributed by atoms with van der Waals surface area (Å²) >= 11 is 0. The van der Waals surface area contributed by atoms with Crippen LogP contribution in [0.4, 0.5) is 0 Å². The number of rotatable bonds is 2. The topological polar surface area (TPSA) is 84.7 Å². The Morgan fingerprint density at radius 2 is 2.05 bits per heavy atom. The van der Waals surface area contributed by atoms with E-state index in [-0.39, 0.29) is 12.1 Å². The van der Waals surface area contributed by atoms with Crippen LogP contribution in [-0.2, 0) is 6.54 Å². The van der Waals surface area contributed by atoms with E-state index in [0.29, 0.717) is 17.2 Å². The van der Waals surface area contributed by atoms with Crippen molar-refractivity contribution >= 4 is 10.8 Å². The minimum Gasteiger partial charge on any atom is -0.325 e. The molecule has 3 aromatic rings. The van der Waals surface area contributed by atoms with Crippen LogP contribution in [0.15, 0.2) is 47.4 Å². The van der Waals surface area contributed by atoms with Crippen molar-refractivity contribution in [1.29, 1.82) is 0 Å². The highest BCUT2D eigenvalue weighted by Crippen LogP contribution is 2.22. The van der Waals surface area contributed by atoms with E-state index in [2.05, 4.69) is 15.0 Å². The van der Waals surface area contributed by atoms with E-state index in [1.165, 1.54) is 6.07 Å². The molecule has 0 aliphatic heterocycles. The summed E-state index contributed by atoms with van der Waals surface area (Å²) in [6.45, 7) is 0.224. The Labute approximate surface area is 109 Å². The first-order valence-corrected chi connectivity index (χ1v) is 5.92. The van der Waals surface area contributed by atoms with E-state index in [1.54, 1.807) is 6.20 Å². The number of nitrogens with one attached hydrogen (secondary N) is 1. The van der Waals surface area contributed by atoms with Crippen LogP contribution in [0.2, 0.25) is 0 Å². The average molecular weight is 252 g/mol. The van der Waals surface area contributed by atoms with Gasteiger partial charge in [-0.15, -0.1) is 0 Å². The molecule has 3 rings (SSSR count). The second-order valence-electron chi connectivity index (χ2n) is 4.17. The van der Waals surface area contributed by atoms with Gasteiger partial charge in [-0.3, -0.25) is 9.78 Å². The van der Waals surface area contributed by atoms with Gasteiger partial charge in [0.15, 0.2) is 5.82 Å². The summed E-state index contributed by atoms with van der Waals surface area (Å²) in [6.07, 6.45) is 1.70. The first-order valence-electron chi connectivity index (χ1n) is 5.92. The highest BCUT2D eigenvalue weighted by atomic mass is 16.1. The molecule has 0 atom stereocenters. The number of hydrogen-bond donors (Lipinski definition) is 2.